The van der Waals surface area contributed by atoms with Crippen LogP contribution in [0.25, 0.3) is 0 Å². The second kappa shape index (κ2) is 8.63. The molecule has 2 atom stereocenters. The van der Waals surface area contributed by atoms with Crippen LogP contribution in [0.15, 0.2) is 29.3 Å². The number of urea groups is 1. The minimum absolute atomic E-state index is 0.240. The van der Waals surface area contributed by atoms with E-state index in [0.717, 1.165) is 58.1 Å². The Morgan fingerprint density at radius 2 is 1.93 bits per heavy atom. The van der Waals surface area contributed by atoms with Crippen LogP contribution >= 0.6 is 0 Å². The van der Waals surface area contributed by atoms with Crippen LogP contribution in [0.2, 0.25) is 0 Å². The first kappa shape index (κ1) is 20.7. The summed E-state index contributed by atoms with van der Waals surface area (Å²) in [5.74, 6) is 0.626. The van der Waals surface area contributed by atoms with Crippen LogP contribution in [0.3, 0.4) is 0 Å². The summed E-state index contributed by atoms with van der Waals surface area (Å²) in [4.78, 5) is 38.0. The molecule has 8 heteroatoms. The third-order valence-corrected chi connectivity index (χ3v) is 6.24. The second-order valence-corrected chi connectivity index (χ2v) is 8.49. The number of carbonyl (C=O) groups excluding carboxylic acids is 2. The maximum Gasteiger partial charge on any atom is 0.325 e. The SMILES string of the molecule is CCCCN1C(N2CCN(Cc3cccc(C)c3)CC2)=NC2C1C(=O)NC(=O)N2C. The number of nitrogens with one attached hydrogen (secondary N) is 1. The molecule has 0 aliphatic carbocycles. The van der Waals surface area contributed by atoms with E-state index in [1.54, 1.807) is 11.9 Å². The van der Waals surface area contributed by atoms with Gasteiger partial charge in [-0.05, 0) is 18.9 Å². The number of unbranched alkanes of at least 4 members (excludes halogenated alkanes) is 1. The quantitative estimate of drug-likeness (QED) is 0.793. The average molecular weight is 413 g/mol. The number of carbonyl (C=O) groups is 2. The Kier molecular flexibility index (Phi) is 5.94. The van der Waals surface area contributed by atoms with Crippen molar-refractivity contribution in [1.29, 1.82) is 0 Å². The van der Waals surface area contributed by atoms with Crippen LogP contribution in [0.4, 0.5) is 4.79 Å². The molecule has 3 aliphatic heterocycles. The van der Waals surface area contributed by atoms with E-state index in [-0.39, 0.29) is 11.9 Å². The zero-order chi connectivity index (χ0) is 21.3. The molecule has 0 aromatic heterocycles. The summed E-state index contributed by atoms with van der Waals surface area (Å²) in [6.45, 7) is 9.63. The standard InChI is InChI=1S/C22H32N6O2/c1-4-5-9-28-18-19(25(3)22(30)24-20(18)29)23-21(28)27-12-10-26(11-13-27)15-17-8-6-7-16(2)14-17/h6-8,14,18-19H,4-5,9-13,15H2,1-3H3,(H,24,29,30). The number of benzene rings is 1. The van der Waals surface area contributed by atoms with Crippen molar-refractivity contribution < 1.29 is 9.59 Å². The molecule has 162 valence electrons. The van der Waals surface area contributed by atoms with Gasteiger partial charge in [0.25, 0.3) is 5.91 Å². The number of amides is 3. The highest BCUT2D eigenvalue weighted by atomic mass is 16.2. The fourth-order valence-corrected chi connectivity index (χ4v) is 4.52. The number of hydrogen-bond donors (Lipinski definition) is 1. The summed E-state index contributed by atoms with van der Waals surface area (Å²) >= 11 is 0. The van der Waals surface area contributed by atoms with Crippen molar-refractivity contribution in [1.82, 2.24) is 24.9 Å². The van der Waals surface area contributed by atoms with Crippen LogP contribution in [-0.2, 0) is 11.3 Å². The van der Waals surface area contributed by atoms with Gasteiger partial charge in [-0.2, -0.15) is 0 Å². The molecule has 1 N–H and O–H groups in total. The van der Waals surface area contributed by atoms with Crippen LogP contribution in [-0.4, -0.2) is 89.5 Å². The monoisotopic (exact) mass is 412 g/mol. The normalized spacial score (nSPS) is 24.8. The molecule has 8 nitrogen and oxygen atoms in total. The Morgan fingerprint density at radius 3 is 2.63 bits per heavy atom. The van der Waals surface area contributed by atoms with Gasteiger partial charge in [-0.15, -0.1) is 0 Å². The van der Waals surface area contributed by atoms with Crippen molar-refractivity contribution in [2.75, 3.05) is 39.8 Å². The van der Waals surface area contributed by atoms with Gasteiger partial charge in [-0.3, -0.25) is 15.0 Å². The highest BCUT2D eigenvalue weighted by molar-refractivity contribution is 6.03. The smallest absolute Gasteiger partial charge is 0.325 e. The number of hydrogen-bond acceptors (Lipinski definition) is 6. The first-order chi connectivity index (χ1) is 14.5. The number of nitrogens with zero attached hydrogens (tertiary/aromatic N) is 5. The lowest BCUT2D eigenvalue weighted by atomic mass is 10.1. The molecule has 2 saturated heterocycles. The lowest BCUT2D eigenvalue weighted by Crippen LogP contribution is -2.64. The van der Waals surface area contributed by atoms with E-state index in [0.29, 0.717) is 0 Å². The third kappa shape index (κ3) is 4.01. The summed E-state index contributed by atoms with van der Waals surface area (Å²) < 4.78 is 0. The fraction of sp³-hybridized carbons (Fsp3) is 0.591. The summed E-state index contributed by atoms with van der Waals surface area (Å²) in [5.41, 5.74) is 2.63. The first-order valence-electron chi connectivity index (χ1n) is 10.9. The summed E-state index contributed by atoms with van der Waals surface area (Å²) in [7, 11) is 1.71. The zero-order valence-corrected chi connectivity index (χ0v) is 18.2. The fourth-order valence-electron chi connectivity index (χ4n) is 4.52. The van der Waals surface area contributed by atoms with Gasteiger partial charge in [0.15, 0.2) is 18.2 Å². The van der Waals surface area contributed by atoms with Gasteiger partial charge in [0.05, 0.1) is 0 Å². The molecule has 0 saturated carbocycles. The molecule has 0 radical (unpaired) electrons. The maximum atomic E-state index is 12.6. The van der Waals surface area contributed by atoms with Gasteiger partial charge in [-0.25, -0.2) is 9.79 Å². The molecule has 0 spiro atoms. The van der Waals surface area contributed by atoms with Gasteiger partial charge >= 0.3 is 6.03 Å². The molecular formula is C22H32N6O2. The molecule has 4 rings (SSSR count). The molecule has 3 heterocycles. The summed E-state index contributed by atoms with van der Waals surface area (Å²) in [6, 6.07) is 7.87. The Bertz CT molecular complexity index is 833. The number of imide groups is 1. The largest absolute Gasteiger partial charge is 0.340 e. The van der Waals surface area contributed by atoms with E-state index in [9.17, 15) is 9.59 Å². The molecule has 3 amide bonds. The maximum absolute atomic E-state index is 12.6. The highest BCUT2D eigenvalue weighted by Gasteiger charge is 2.49. The van der Waals surface area contributed by atoms with Crippen molar-refractivity contribution in [3.05, 3.63) is 35.4 Å². The molecule has 2 unspecified atom stereocenters. The van der Waals surface area contributed by atoms with Crippen LogP contribution in [0.1, 0.15) is 30.9 Å². The summed E-state index contributed by atoms with van der Waals surface area (Å²) in [6.07, 6.45) is 1.59. The Hall–Kier alpha value is -2.61. The van der Waals surface area contributed by atoms with Crippen LogP contribution < -0.4 is 5.32 Å². The topological polar surface area (TPSA) is 71.5 Å². The molecule has 0 bridgehead atoms. The Labute approximate surface area is 178 Å². The van der Waals surface area contributed by atoms with Crippen molar-refractivity contribution in [2.45, 2.75) is 45.4 Å². The Balaban J connectivity index is 1.45. The van der Waals surface area contributed by atoms with Crippen molar-refractivity contribution in [2.24, 2.45) is 4.99 Å². The zero-order valence-electron chi connectivity index (χ0n) is 18.2. The highest BCUT2D eigenvalue weighted by Crippen LogP contribution is 2.26. The van der Waals surface area contributed by atoms with E-state index < -0.39 is 12.2 Å². The van der Waals surface area contributed by atoms with Crippen LogP contribution in [0, 0.1) is 6.92 Å². The molecule has 3 aliphatic rings. The number of likely N-dealkylation sites (N-methyl/N-ethyl adjacent to an activating group) is 1. The number of fused-ring (bicyclic) bond motifs is 1. The van der Waals surface area contributed by atoms with E-state index in [1.807, 2.05) is 0 Å². The number of guanidine groups is 1. The predicted molar refractivity (Wildman–Crippen MR) is 116 cm³/mol. The van der Waals surface area contributed by atoms with Gasteiger partial charge in [-0.1, -0.05) is 43.2 Å². The van der Waals surface area contributed by atoms with E-state index >= 15 is 0 Å². The summed E-state index contributed by atoms with van der Waals surface area (Å²) in [5, 5.41) is 2.48. The number of piperazine rings is 1. The lowest BCUT2D eigenvalue weighted by Gasteiger charge is -2.40. The van der Waals surface area contributed by atoms with Gasteiger partial charge in [0.1, 0.15) is 0 Å². The minimum Gasteiger partial charge on any atom is -0.340 e. The number of aliphatic imine (C=N–C) groups is 1. The predicted octanol–water partition coefficient (Wildman–Crippen LogP) is 1.46. The average Bonchev–Trinajstić information content (AvgIpc) is 3.11. The van der Waals surface area contributed by atoms with E-state index in [2.05, 4.69) is 58.1 Å². The second-order valence-electron chi connectivity index (χ2n) is 8.49. The number of rotatable bonds is 5. The Morgan fingerprint density at radius 1 is 1.17 bits per heavy atom. The van der Waals surface area contributed by atoms with Gasteiger partial charge in [0, 0.05) is 46.3 Å². The van der Waals surface area contributed by atoms with Crippen LogP contribution in [0.5, 0.6) is 0 Å². The van der Waals surface area contributed by atoms with E-state index in [1.165, 1.54) is 11.1 Å². The third-order valence-electron chi connectivity index (χ3n) is 6.24. The molecule has 2 fully saturated rings. The lowest BCUT2D eigenvalue weighted by molar-refractivity contribution is -0.127. The number of aryl methyl sites for hydroxylation is 1. The molecule has 30 heavy (non-hydrogen) atoms. The van der Waals surface area contributed by atoms with Crippen molar-refractivity contribution in [3.63, 3.8) is 0 Å². The van der Waals surface area contributed by atoms with Gasteiger partial charge in [0.2, 0.25) is 0 Å². The minimum atomic E-state index is -0.441. The molecule has 1 aromatic carbocycles. The van der Waals surface area contributed by atoms with E-state index in [4.69, 9.17) is 4.99 Å². The molecular weight excluding hydrogens is 380 g/mol. The molecule has 1 aromatic rings. The first-order valence-corrected chi connectivity index (χ1v) is 10.9. The van der Waals surface area contributed by atoms with Gasteiger partial charge < -0.3 is 14.7 Å². The van der Waals surface area contributed by atoms with Crippen molar-refractivity contribution in [3.8, 4) is 0 Å². The van der Waals surface area contributed by atoms with Crippen molar-refractivity contribution >= 4 is 17.9 Å².